The molecule has 0 saturated heterocycles. The van der Waals surface area contributed by atoms with E-state index in [1.807, 2.05) is 0 Å². The highest BCUT2D eigenvalue weighted by atomic mass is 16.6. The Morgan fingerprint density at radius 2 is 1.92 bits per heavy atom. The molecule has 5 nitrogen and oxygen atoms in total. The summed E-state index contributed by atoms with van der Waals surface area (Å²) < 4.78 is 8.91. The number of carbonyl (C=O) groups excluding carboxylic acids is 3. The minimum atomic E-state index is -0.994. The van der Waals surface area contributed by atoms with Crippen molar-refractivity contribution in [2.45, 2.75) is 20.0 Å². The van der Waals surface area contributed by atoms with E-state index in [2.05, 4.69) is 9.47 Å². The molecular formula is C7H10O5. The largest absolute Gasteiger partial charge is 0.461 e. The van der Waals surface area contributed by atoms with Crippen LogP contribution in [0.3, 0.4) is 0 Å². The average molecular weight is 174 g/mol. The van der Waals surface area contributed by atoms with Gasteiger partial charge in [0, 0.05) is 13.8 Å². The SMILES string of the molecule is CC(=O)OCC(C=O)OC(C)=O. The molecule has 0 aromatic carbocycles. The van der Waals surface area contributed by atoms with Crippen LogP contribution < -0.4 is 0 Å². The average Bonchev–Trinajstić information content (AvgIpc) is 1.97. The molecular weight excluding hydrogens is 164 g/mol. The Balaban J connectivity index is 3.75. The second-order valence-corrected chi connectivity index (χ2v) is 2.09. The van der Waals surface area contributed by atoms with Gasteiger partial charge in [0.05, 0.1) is 0 Å². The summed E-state index contributed by atoms with van der Waals surface area (Å²) in [5, 5.41) is 0. The first-order chi connectivity index (χ1) is 5.56. The van der Waals surface area contributed by atoms with Crippen molar-refractivity contribution in [1.29, 1.82) is 0 Å². The molecule has 0 bridgehead atoms. The van der Waals surface area contributed by atoms with Gasteiger partial charge in [-0.2, -0.15) is 0 Å². The predicted octanol–water partition coefficient (Wildman–Crippen LogP) is -0.320. The summed E-state index contributed by atoms with van der Waals surface area (Å²) in [6.07, 6.45) is -0.587. The zero-order chi connectivity index (χ0) is 9.56. The zero-order valence-corrected chi connectivity index (χ0v) is 6.90. The van der Waals surface area contributed by atoms with Crippen molar-refractivity contribution in [3.05, 3.63) is 0 Å². The van der Waals surface area contributed by atoms with Gasteiger partial charge in [-0.3, -0.25) is 14.4 Å². The maximum Gasteiger partial charge on any atom is 0.303 e. The van der Waals surface area contributed by atoms with Crippen molar-refractivity contribution in [2.75, 3.05) is 6.61 Å². The van der Waals surface area contributed by atoms with Crippen molar-refractivity contribution in [3.8, 4) is 0 Å². The van der Waals surface area contributed by atoms with Crippen LogP contribution in [0.4, 0.5) is 0 Å². The smallest absolute Gasteiger partial charge is 0.303 e. The number of esters is 2. The summed E-state index contributed by atoms with van der Waals surface area (Å²) in [7, 11) is 0. The Labute approximate surface area is 69.6 Å². The fraction of sp³-hybridized carbons (Fsp3) is 0.571. The van der Waals surface area contributed by atoms with Crippen LogP contribution in [0.25, 0.3) is 0 Å². The van der Waals surface area contributed by atoms with Crippen LogP contribution in [-0.2, 0) is 23.9 Å². The monoisotopic (exact) mass is 174 g/mol. The van der Waals surface area contributed by atoms with Crippen molar-refractivity contribution in [3.63, 3.8) is 0 Å². The molecule has 0 fully saturated rings. The summed E-state index contributed by atoms with van der Waals surface area (Å²) >= 11 is 0. The van der Waals surface area contributed by atoms with E-state index in [1.54, 1.807) is 0 Å². The van der Waals surface area contributed by atoms with Gasteiger partial charge in [0.15, 0.2) is 12.4 Å². The molecule has 12 heavy (non-hydrogen) atoms. The van der Waals surface area contributed by atoms with Gasteiger partial charge in [-0.05, 0) is 0 Å². The van der Waals surface area contributed by atoms with E-state index in [9.17, 15) is 14.4 Å². The maximum absolute atomic E-state index is 10.3. The van der Waals surface area contributed by atoms with Gasteiger partial charge in [-0.15, -0.1) is 0 Å². The number of rotatable bonds is 4. The highest BCUT2D eigenvalue weighted by Gasteiger charge is 2.11. The standard InChI is InChI=1S/C7H10O5/c1-5(9)11-4-7(3-8)12-6(2)10/h3,7H,4H2,1-2H3. The van der Waals surface area contributed by atoms with Gasteiger partial charge in [-0.25, -0.2) is 0 Å². The molecule has 1 unspecified atom stereocenters. The third kappa shape index (κ3) is 5.40. The first kappa shape index (κ1) is 10.6. The minimum Gasteiger partial charge on any atom is -0.461 e. The molecule has 0 amide bonds. The summed E-state index contributed by atoms with van der Waals surface area (Å²) in [5.74, 6) is -1.10. The lowest BCUT2D eigenvalue weighted by atomic mass is 10.4. The lowest BCUT2D eigenvalue weighted by Crippen LogP contribution is -2.24. The Kier molecular flexibility index (Phi) is 4.67. The number of hydrogen-bond donors (Lipinski definition) is 0. The minimum absolute atomic E-state index is 0.224. The van der Waals surface area contributed by atoms with Crippen LogP contribution in [0.15, 0.2) is 0 Å². The van der Waals surface area contributed by atoms with Crippen LogP contribution in [0.2, 0.25) is 0 Å². The maximum atomic E-state index is 10.3. The molecule has 68 valence electrons. The van der Waals surface area contributed by atoms with Gasteiger partial charge in [0.25, 0.3) is 0 Å². The lowest BCUT2D eigenvalue weighted by Gasteiger charge is -2.09. The molecule has 0 saturated carbocycles. The van der Waals surface area contributed by atoms with Crippen LogP contribution in [0.5, 0.6) is 0 Å². The summed E-state index contributed by atoms with van der Waals surface area (Å²) in [6.45, 7) is 2.15. The van der Waals surface area contributed by atoms with Crippen LogP contribution in [-0.4, -0.2) is 30.9 Å². The third-order valence-electron chi connectivity index (χ3n) is 0.920. The van der Waals surface area contributed by atoms with E-state index in [1.165, 1.54) is 13.8 Å². The quantitative estimate of drug-likeness (QED) is 0.431. The third-order valence-corrected chi connectivity index (χ3v) is 0.920. The van der Waals surface area contributed by atoms with Crippen LogP contribution in [0.1, 0.15) is 13.8 Å². The van der Waals surface area contributed by atoms with E-state index < -0.39 is 18.0 Å². The first-order valence-electron chi connectivity index (χ1n) is 3.32. The van der Waals surface area contributed by atoms with Gasteiger partial charge < -0.3 is 9.47 Å². The predicted molar refractivity (Wildman–Crippen MR) is 38.3 cm³/mol. The summed E-state index contributed by atoms with van der Waals surface area (Å²) in [5.41, 5.74) is 0. The Morgan fingerprint density at radius 1 is 1.33 bits per heavy atom. The molecule has 0 N–H and O–H groups in total. The number of carbonyl (C=O) groups is 3. The van der Waals surface area contributed by atoms with Crippen molar-refractivity contribution in [1.82, 2.24) is 0 Å². The highest BCUT2D eigenvalue weighted by molar-refractivity contribution is 5.70. The molecule has 0 aliphatic carbocycles. The van der Waals surface area contributed by atoms with Crippen LogP contribution >= 0.6 is 0 Å². The van der Waals surface area contributed by atoms with E-state index in [4.69, 9.17) is 0 Å². The second kappa shape index (κ2) is 5.29. The zero-order valence-electron chi connectivity index (χ0n) is 6.90. The normalized spacial score (nSPS) is 11.5. The van der Waals surface area contributed by atoms with Crippen molar-refractivity contribution < 1.29 is 23.9 Å². The molecule has 1 atom stereocenters. The molecule has 0 aliphatic rings. The molecule has 0 radical (unpaired) electrons. The summed E-state index contributed by atoms with van der Waals surface area (Å²) in [6, 6.07) is 0. The summed E-state index contributed by atoms with van der Waals surface area (Å²) in [4.78, 5) is 30.8. The topological polar surface area (TPSA) is 69.7 Å². The molecule has 5 heteroatoms. The second-order valence-electron chi connectivity index (χ2n) is 2.09. The fourth-order valence-corrected chi connectivity index (χ4v) is 0.514. The van der Waals surface area contributed by atoms with Crippen molar-refractivity contribution in [2.24, 2.45) is 0 Å². The Morgan fingerprint density at radius 3 is 2.25 bits per heavy atom. The van der Waals surface area contributed by atoms with Crippen LogP contribution in [0, 0.1) is 0 Å². The molecule has 0 aliphatic heterocycles. The Bertz CT molecular complexity index is 186. The molecule has 0 rings (SSSR count). The van der Waals surface area contributed by atoms with E-state index >= 15 is 0 Å². The van der Waals surface area contributed by atoms with E-state index in [0.29, 0.717) is 6.29 Å². The fourth-order valence-electron chi connectivity index (χ4n) is 0.514. The van der Waals surface area contributed by atoms with Crippen molar-refractivity contribution >= 4 is 18.2 Å². The Hall–Kier alpha value is -1.39. The molecule has 0 aromatic heterocycles. The number of aldehydes is 1. The van der Waals surface area contributed by atoms with Gasteiger partial charge in [-0.1, -0.05) is 0 Å². The highest BCUT2D eigenvalue weighted by Crippen LogP contribution is 1.90. The van der Waals surface area contributed by atoms with Gasteiger partial charge in [0.1, 0.15) is 6.61 Å². The van der Waals surface area contributed by atoms with E-state index in [-0.39, 0.29) is 6.61 Å². The number of ether oxygens (including phenoxy) is 2. The van der Waals surface area contributed by atoms with Gasteiger partial charge in [0.2, 0.25) is 0 Å². The van der Waals surface area contributed by atoms with Gasteiger partial charge >= 0.3 is 11.9 Å². The molecule has 0 aromatic rings. The lowest BCUT2D eigenvalue weighted by molar-refractivity contribution is -0.157. The number of hydrogen-bond acceptors (Lipinski definition) is 5. The molecule has 0 spiro atoms. The first-order valence-corrected chi connectivity index (χ1v) is 3.32. The molecule has 0 heterocycles. The van der Waals surface area contributed by atoms with E-state index in [0.717, 1.165) is 0 Å².